The summed E-state index contributed by atoms with van der Waals surface area (Å²) in [5.41, 5.74) is 0.793. The van der Waals surface area contributed by atoms with Crippen LogP contribution in [0.2, 0.25) is 0 Å². The van der Waals surface area contributed by atoms with Crippen molar-refractivity contribution >= 4 is 17.5 Å². The molecule has 2 heterocycles. The van der Waals surface area contributed by atoms with Crippen LogP contribution in [-0.4, -0.2) is 55.7 Å². The van der Waals surface area contributed by atoms with Crippen LogP contribution in [-0.2, 0) is 14.3 Å². The molecule has 5 rings (SSSR count). The van der Waals surface area contributed by atoms with Crippen LogP contribution in [0.1, 0.15) is 32.1 Å². The molecule has 0 aromatic heterocycles. The highest BCUT2D eigenvalue weighted by Gasteiger charge is 2.42. The smallest absolute Gasteiger partial charge is 0.265 e. The summed E-state index contributed by atoms with van der Waals surface area (Å²) in [5.74, 6) is 2.77. The van der Waals surface area contributed by atoms with E-state index in [1.54, 1.807) is 9.80 Å². The second-order valence-electron chi connectivity index (χ2n) is 8.66. The Hall–Kier alpha value is -2.08. The number of amides is 2. The van der Waals surface area contributed by atoms with Gasteiger partial charge in [0.25, 0.3) is 5.91 Å². The van der Waals surface area contributed by atoms with Crippen LogP contribution in [0.5, 0.6) is 5.75 Å². The molecule has 0 N–H and O–H groups in total. The summed E-state index contributed by atoms with van der Waals surface area (Å²) in [5, 5.41) is 0. The van der Waals surface area contributed by atoms with Crippen molar-refractivity contribution in [2.45, 2.75) is 38.2 Å². The molecule has 0 unspecified atom stereocenters. The Morgan fingerprint density at radius 3 is 2.64 bits per heavy atom. The normalized spacial score (nSPS) is 31.4. The van der Waals surface area contributed by atoms with Gasteiger partial charge < -0.3 is 19.3 Å². The van der Waals surface area contributed by atoms with Gasteiger partial charge >= 0.3 is 0 Å². The summed E-state index contributed by atoms with van der Waals surface area (Å²) in [7, 11) is 0. The van der Waals surface area contributed by atoms with Crippen molar-refractivity contribution in [3.8, 4) is 5.75 Å². The average molecular weight is 384 g/mol. The molecule has 2 saturated carbocycles. The Bertz CT molecular complexity index is 761. The summed E-state index contributed by atoms with van der Waals surface area (Å²) >= 11 is 0. The number of carbonyl (C=O) groups is 2. The molecule has 4 aliphatic rings. The van der Waals surface area contributed by atoms with Crippen molar-refractivity contribution in [2.24, 2.45) is 17.8 Å². The molecule has 2 aliphatic heterocycles. The van der Waals surface area contributed by atoms with Gasteiger partial charge in [-0.05, 0) is 49.1 Å². The molecular formula is C22H28N2O4. The first kappa shape index (κ1) is 18.0. The van der Waals surface area contributed by atoms with E-state index in [4.69, 9.17) is 9.47 Å². The molecule has 3 fully saturated rings. The fourth-order valence-electron chi connectivity index (χ4n) is 5.55. The SMILES string of the molecule is O=C([C@@H]1CN(C(=O)C[C@H]2C[C@H]3CC[C@H]2C3)c2ccccc2O1)N1CCOCC1. The standard InChI is InChI=1S/C22H28N2O4/c25-21(13-17-12-15-5-6-16(17)11-15)24-14-20(22(26)23-7-9-27-10-8-23)28-19-4-2-1-3-18(19)24/h1-4,15-17,20H,5-14H2/t15-,16-,17+,20-/m0/s1. The van der Waals surface area contributed by atoms with Crippen molar-refractivity contribution in [1.29, 1.82) is 0 Å². The first-order valence-corrected chi connectivity index (χ1v) is 10.6. The van der Waals surface area contributed by atoms with Crippen LogP contribution in [0.3, 0.4) is 0 Å². The number of ether oxygens (including phenoxy) is 2. The van der Waals surface area contributed by atoms with Crippen LogP contribution in [0.25, 0.3) is 0 Å². The molecule has 2 aliphatic carbocycles. The molecule has 6 heteroatoms. The lowest BCUT2D eigenvalue weighted by Gasteiger charge is -2.38. The van der Waals surface area contributed by atoms with Crippen LogP contribution >= 0.6 is 0 Å². The number of nitrogens with zero attached hydrogens (tertiary/aromatic N) is 2. The third kappa shape index (κ3) is 3.28. The van der Waals surface area contributed by atoms with E-state index in [0.717, 1.165) is 17.5 Å². The zero-order valence-corrected chi connectivity index (χ0v) is 16.2. The maximum absolute atomic E-state index is 13.3. The topological polar surface area (TPSA) is 59.1 Å². The van der Waals surface area contributed by atoms with Gasteiger partial charge in [-0.25, -0.2) is 0 Å². The highest BCUT2D eigenvalue weighted by Crippen LogP contribution is 2.50. The lowest BCUT2D eigenvalue weighted by molar-refractivity contribution is -0.142. The van der Waals surface area contributed by atoms with Gasteiger partial charge in [-0.2, -0.15) is 0 Å². The van der Waals surface area contributed by atoms with Gasteiger partial charge in [-0.15, -0.1) is 0 Å². The number of rotatable bonds is 3. The first-order valence-electron chi connectivity index (χ1n) is 10.6. The zero-order valence-electron chi connectivity index (χ0n) is 16.2. The molecule has 4 atom stereocenters. The summed E-state index contributed by atoms with van der Waals surface area (Å²) in [6.45, 7) is 2.58. The molecular weight excluding hydrogens is 356 g/mol. The Kier molecular flexibility index (Phi) is 4.75. The first-order chi connectivity index (χ1) is 13.7. The van der Waals surface area contributed by atoms with Gasteiger partial charge in [0.2, 0.25) is 5.91 Å². The lowest BCUT2D eigenvalue weighted by atomic mass is 9.86. The minimum absolute atomic E-state index is 0.0458. The van der Waals surface area contributed by atoms with Gasteiger partial charge in [0.1, 0.15) is 5.75 Å². The van der Waals surface area contributed by atoms with Crippen LogP contribution in [0.4, 0.5) is 5.69 Å². The van der Waals surface area contributed by atoms with Crippen LogP contribution < -0.4 is 9.64 Å². The Balaban J connectivity index is 1.33. The number of hydrogen-bond donors (Lipinski definition) is 0. The van der Waals surface area contributed by atoms with E-state index < -0.39 is 6.10 Å². The molecule has 1 saturated heterocycles. The van der Waals surface area contributed by atoms with E-state index in [0.29, 0.717) is 50.9 Å². The second-order valence-corrected chi connectivity index (χ2v) is 8.66. The highest BCUT2D eigenvalue weighted by atomic mass is 16.5. The third-order valence-electron chi connectivity index (χ3n) is 6.99. The average Bonchev–Trinajstić information content (AvgIpc) is 3.36. The van der Waals surface area contributed by atoms with E-state index in [1.165, 1.54) is 25.7 Å². The number of para-hydroxylation sites is 2. The van der Waals surface area contributed by atoms with Gasteiger partial charge in [-0.3, -0.25) is 9.59 Å². The monoisotopic (exact) mass is 384 g/mol. The molecule has 6 nitrogen and oxygen atoms in total. The van der Waals surface area contributed by atoms with Crippen molar-refractivity contribution in [3.05, 3.63) is 24.3 Å². The van der Waals surface area contributed by atoms with E-state index in [-0.39, 0.29) is 11.8 Å². The Labute approximate surface area is 165 Å². The Morgan fingerprint density at radius 2 is 1.89 bits per heavy atom. The summed E-state index contributed by atoms with van der Waals surface area (Å²) in [6.07, 6.45) is 5.06. The van der Waals surface area contributed by atoms with Crippen molar-refractivity contribution in [3.63, 3.8) is 0 Å². The molecule has 28 heavy (non-hydrogen) atoms. The van der Waals surface area contributed by atoms with E-state index in [9.17, 15) is 9.59 Å². The maximum Gasteiger partial charge on any atom is 0.265 e. The Morgan fingerprint density at radius 1 is 1.07 bits per heavy atom. The van der Waals surface area contributed by atoms with Crippen LogP contribution in [0, 0.1) is 17.8 Å². The van der Waals surface area contributed by atoms with Gasteiger partial charge in [0.05, 0.1) is 25.4 Å². The van der Waals surface area contributed by atoms with Gasteiger partial charge in [0, 0.05) is 19.5 Å². The van der Waals surface area contributed by atoms with Crippen molar-refractivity contribution < 1.29 is 19.1 Å². The number of hydrogen-bond acceptors (Lipinski definition) is 4. The van der Waals surface area contributed by atoms with E-state index in [2.05, 4.69) is 0 Å². The fraction of sp³-hybridized carbons (Fsp3) is 0.636. The second kappa shape index (κ2) is 7.39. The number of anilines is 1. The predicted molar refractivity (Wildman–Crippen MR) is 104 cm³/mol. The van der Waals surface area contributed by atoms with E-state index in [1.807, 2.05) is 24.3 Å². The predicted octanol–water partition coefficient (Wildman–Crippen LogP) is 2.47. The number of carbonyl (C=O) groups excluding carboxylic acids is 2. The molecule has 1 aromatic carbocycles. The van der Waals surface area contributed by atoms with Crippen LogP contribution in [0.15, 0.2) is 24.3 Å². The van der Waals surface area contributed by atoms with E-state index >= 15 is 0 Å². The quantitative estimate of drug-likeness (QED) is 0.803. The van der Waals surface area contributed by atoms with Crippen molar-refractivity contribution in [1.82, 2.24) is 4.90 Å². The molecule has 1 aromatic rings. The molecule has 2 amide bonds. The minimum Gasteiger partial charge on any atom is -0.476 e. The number of fused-ring (bicyclic) bond motifs is 3. The number of benzene rings is 1. The summed E-state index contributed by atoms with van der Waals surface area (Å²) < 4.78 is 11.4. The molecule has 0 radical (unpaired) electrons. The molecule has 0 spiro atoms. The third-order valence-corrected chi connectivity index (χ3v) is 6.99. The fourth-order valence-corrected chi connectivity index (χ4v) is 5.55. The lowest BCUT2D eigenvalue weighted by Crippen LogP contribution is -2.54. The highest BCUT2D eigenvalue weighted by molar-refractivity contribution is 5.97. The minimum atomic E-state index is -0.642. The maximum atomic E-state index is 13.3. The van der Waals surface area contributed by atoms with Crippen molar-refractivity contribution in [2.75, 3.05) is 37.7 Å². The zero-order chi connectivity index (χ0) is 19.1. The molecule has 150 valence electrons. The summed E-state index contributed by atoms with van der Waals surface area (Å²) in [6, 6.07) is 7.58. The van der Waals surface area contributed by atoms with Gasteiger partial charge in [-0.1, -0.05) is 18.6 Å². The summed E-state index contributed by atoms with van der Waals surface area (Å²) in [4.78, 5) is 29.8. The van der Waals surface area contributed by atoms with Gasteiger partial charge in [0.15, 0.2) is 6.10 Å². The number of morpholine rings is 1. The molecule has 2 bridgehead atoms. The largest absolute Gasteiger partial charge is 0.476 e.